The second-order valence-corrected chi connectivity index (χ2v) is 9.92. The van der Waals surface area contributed by atoms with Gasteiger partial charge in [-0.1, -0.05) is 47.5 Å². The van der Waals surface area contributed by atoms with Crippen LogP contribution in [0.5, 0.6) is 0 Å². The summed E-state index contributed by atoms with van der Waals surface area (Å²) >= 11 is 0. The lowest BCUT2D eigenvalue weighted by atomic mass is 9.88. The lowest BCUT2D eigenvalue weighted by Crippen LogP contribution is -2.47. The SMILES string of the molecule is CCCNC(CS(=O)(=O)C1CCCC(C)C1)C(C)(C)C. The largest absolute Gasteiger partial charge is 0.312 e. The van der Waals surface area contributed by atoms with Crippen LogP contribution in [0.2, 0.25) is 0 Å². The summed E-state index contributed by atoms with van der Waals surface area (Å²) < 4.78 is 25.4. The van der Waals surface area contributed by atoms with E-state index in [1.54, 1.807) is 0 Å². The van der Waals surface area contributed by atoms with Crippen LogP contribution >= 0.6 is 0 Å². The van der Waals surface area contributed by atoms with E-state index in [0.29, 0.717) is 5.92 Å². The second kappa shape index (κ2) is 7.26. The Morgan fingerprint density at radius 3 is 2.40 bits per heavy atom. The minimum atomic E-state index is -2.99. The molecule has 1 aliphatic rings. The lowest BCUT2D eigenvalue weighted by Gasteiger charge is -2.34. The van der Waals surface area contributed by atoms with Gasteiger partial charge in [0.2, 0.25) is 0 Å². The maximum absolute atomic E-state index is 12.7. The molecule has 0 radical (unpaired) electrons. The van der Waals surface area contributed by atoms with Gasteiger partial charge in [0.1, 0.15) is 0 Å². The molecule has 3 unspecified atom stereocenters. The van der Waals surface area contributed by atoms with Crippen LogP contribution in [-0.4, -0.2) is 32.0 Å². The molecule has 0 spiro atoms. The summed E-state index contributed by atoms with van der Waals surface area (Å²) in [5.41, 5.74) is -0.0253. The van der Waals surface area contributed by atoms with Crippen molar-refractivity contribution in [1.82, 2.24) is 5.32 Å². The maximum Gasteiger partial charge on any atom is 0.154 e. The van der Waals surface area contributed by atoms with Gasteiger partial charge in [-0.25, -0.2) is 8.42 Å². The fourth-order valence-corrected chi connectivity index (χ4v) is 5.51. The van der Waals surface area contributed by atoms with Gasteiger partial charge in [0.15, 0.2) is 9.84 Å². The van der Waals surface area contributed by atoms with Crippen LogP contribution in [0.15, 0.2) is 0 Å². The molecular formula is C16H33NO2S. The molecule has 0 aromatic carbocycles. The van der Waals surface area contributed by atoms with Gasteiger partial charge >= 0.3 is 0 Å². The van der Waals surface area contributed by atoms with Crippen molar-refractivity contribution in [2.75, 3.05) is 12.3 Å². The molecule has 0 aliphatic heterocycles. The third-order valence-corrected chi connectivity index (χ3v) is 6.72. The Morgan fingerprint density at radius 1 is 1.25 bits per heavy atom. The molecular weight excluding hydrogens is 270 g/mol. The molecule has 1 rings (SSSR count). The van der Waals surface area contributed by atoms with Crippen molar-refractivity contribution in [2.24, 2.45) is 11.3 Å². The first-order valence-corrected chi connectivity index (χ1v) is 9.83. The molecule has 0 heterocycles. The Balaban J connectivity index is 2.74. The first-order valence-electron chi connectivity index (χ1n) is 8.11. The molecule has 3 nitrogen and oxygen atoms in total. The van der Waals surface area contributed by atoms with Gasteiger partial charge in [0, 0.05) is 6.04 Å². The zero-order valence-electron chi connectivity index (χ0n) is 13.9. The smallest absolute Gasteiger partial charge is 0.154 e. The van der Waals surface area contributed by atoms with Crippen LogP contribution in [0, 0.1) is 11.3 Å². The molecule has 20 heavy (non-hydrogen) atoms. The predicted molar refractivity (Wildman–Crippen MR) is 86.7 cm³/mol. The molecule has 0 aromatic heterocycles. The third kappa shape index (κ3) is 5.36. The van der Waals surface area contributed by atoms with E-state index in [9.17, 15) is 8.42 Å². The van der Waals surface area contributed by atoms with Crippen LogP contribution in [0.25, 0.3) is 0 Å². The van der Waals surface area contributed by atoms with Gasteiger partial charge in [-0.3, -0.25) is 0 Å². The number of nitrogens with one attached hydrogen (secondary N) is 1. The molecule has 3 atom stereocenters. The molecule has 1 fully saturated rings. The zero-order chi connectivity index (χ0) is 15.4. The van der Waals surface area contributed by atoms with E-state index in [1.165, 1.54) is 6.42 Å². The third-order valence-electron chi connectivity index (χ3n) is 4.48. The topological polar surface area (TPSA) is 46.2 Å². The van der Waals surface area contributed by atoms with E-state index in [2.05, 4.69) is 39.9 Å². The van der Waals surface area contributed by atoms with Crippen molar-refractivity contribution in [3.63, 3.8) is 0 Å². The van der Waals surface area contributed by atoms with Crippen LogP contribution in [-0.2, 0) is 9.84 Å². The summed E-state index contributed by atoms with van der Waals surface area (Å²) in [5, 5.41) is 3.33. The first-order chi connectivity index (χ1) is 9.16. The summed E-state index contributed by atoms with van der Waals surface area (Å²) in [5.74, 6) is 0.841. The Morgan fingerprint density at radius 2 is 1.90 bits per heavy atom. The van der Waals surface area contributed by atoms with Gasteiger partial charge in [0.25, 0.3) is 0 Å². The van der Waals surface area contributed by atoms with E-state index < -0.39 is 9.84 Å². The monoisotopic (exact) mass is 303 g/mol. The summed E-state index contributed by atoms with van der Waals surface area (Å²) in [6, 6.07) is 0.0460. The highest BCUT2D eigenvalue weighted by molar-refractivity contribution is 7.92. The van der Waals surface area contributed by atoms with Crippen molar-refractivity contribution < 1.29 is 8.42 Å². The van der Waals surface area contributed by atoms with Crippen LogP contribution in [0.4, 0.5) is 0 Å². The Kier molecular flexibility index (Phi) is 6.52. The van der Waals surface area contributed by atoms with Crippen molar-refractivity contribution in [1.29, 1.82) is 0 Å². The van der Waals surface area contributed by atoms with Crippen LogP contribution in [0.1, 0.15) is 66.7 Å². The van der Waals surface area contributed by atoms with Gasteiger partial charge in [0.05, 0.1) is 11.0 Å². The van der Waals surface area contributed by atoms with Gasteiger partial charge < -0.3 is 5.32 Å². The van der Waals surface area contributed by atoms with E-state index in [-0.39, 0.29) is 22.5 Å². The number of sulfone groups is 1. The molecule has 0 amide bonds. The highest BCUT2D eigenvalue weighted by atomic mass is 32.2. The fourth-order valence-electron chi connectivity index (χ4n) is 3.01. The average molecular weight is 304 g/mol. The standard InChI is InChI=1S/C16H33NO2S/c1-6-10-17-15(16(3,4)5)12-20(18,19)14-9-7-8-13(2)11-14/h13-15,17H,6-12H2,1-5H3. The molecule has 1 aliphatic carbocycles. The van der Waals surface area contributed by atoms with E-state index in [1.807, 2.05) is 0 Å². The molecule has 0 saturated heterocycles. The van der Waals surface area contributed by atoms with Crippen LogP contribution < -0.4 is 5.32 Å². The number of rotatable bonds is 6. The fraction of sp³-hybridized carbons (Fsp3) is 1.00. The lowest BCUT2D eigenvalue weighted by molar-refractivity contribution is 0.287. The molecule has 4 heteroatoms. The Labute approximate surface area is 125 Å². The van der Waals surface area contributed by atoms with E-state index in [4.69, 9.17) is 0 Å². The van der Waals surface area contributed by atoms with Crippen molar-refractivity contribution in [3.8, 4) is 0 Å². The second-order valence-electron chi connectivity index (χ2n) is 7.60. The van der Waals surface area contributed by atoms with Crippen molar-refractivity contribution in [3.05, 3.63) is 0 Å². The number of hydrogen-bond acceptors (Lipinski definition) is 3. The first kappa shape index (κ1) is 18.0. The van der Waals surface area contributed by atoms with Crippen molar-refractivity contribution >= 4 is 9.84 Å². The molecule has 1 N–H and O–H groups in total. The molecule has 0 aromatic rings. The summed E-state index contributed by atoms with van der Waals surface area (Å²) in [7, 11) is -2.99. The van der Waals surface area contributed by atoms with Gasteiger partial charge in [-0.15, -0.1) is 0 Å². The normalized spacial score (nSPS) is 26.4. The van der Waals surface area contributed by atoms with Gasteiger partial charge in [-0.05, 0) is 37.1 Å². The van der Waals surface area contributed by atoms with Gasteiger partial charge in [-0.2, -0.15) is 0 Å². The minimum Gasteiger partial charge on any atom is -0.312 e. The zero-order valence-corrected chi connectivity index (χ0v) is 14.7. The Hall–Kier alpha value is -0.0900. The quantitative estimate of drug-likeness (QED) is 0.818. The van der Waals surface area contributed by atoms with E-state index >= 15 is 0 Å². The minimum absolute atomic E-state index is 0.0253. The average Bonchev–Trinajstić information content (AvgIpc) is 2.33. The molecule has 120 valence electrons. The summed E-state index contributed by atoms with van der Waals surface area (Å²) in [4.78, 5) is 0. The molecule has 0 bridgehead atoms. The summed E-state index contributed by atoms with van der Waals surface area (Å²) in [6.45, 7) is 11.6. The Bertz CT molecular complexity index is 384. The highest BCUT2D eigenvalue weighted by Crippen LogP contribution is 2.30. The van der Waals surface area contributed by atoms with Crippen molar-refractivity contribution in [2.45, 2.75) is 78.0 Å². The van der Waals surface area contributed by atoms with E-state index in [0.717, 1.165) is 32.2 Å². The predicted octanol–water partition coefficient (Wildman–Crippen LogP) is 3.39. The highest BCUT2D eigenvalue weighted by Gasteiger charge is 2.35. The molecule has 1 saturated carbocycles. The van der Waals surface area contributed by atoms with Crippen LogP contribution in [0.3, 0.4) is 0 Å². The number of hydrogen-bond donors (Lipinski definition) is 1. The maximum atomic E-state index is 12.7. The summed E-state index contributed by atoms with van der Waals surface area (Å²) in [6.07, 6.45) is 4.99.